The number of benzene rings is 1. The molecule has 0 aliphatic rings. The van der Waals surface area contributed by atoms with Crippen LogP contribution < -0.4 is 11.3 Å². The molecule has 3 N–H and O–H groups in total. The van der Waals surface area contributed by atoms with E-state index in [1.54, 1.807) is 6.07 Å². The lowest BCUT2D eigenvalue weighted by Crippen LogP contribution is -2.29. The lowest BCUT2D eigenvalue weighted by molar-refractivity contribution is 0.374. The molecule has 1 rings (SSSR count). The molecule has 2 nitrogen and oxygen atoms in total. The first-order chi connectivity index (χ1) is 8.10. The fraction of sp³-hybridized carbons (Fsp3) is 0.571. The molecule has 96 valence electrons. The van der Waals surface area contributed by atoms with Crippen LogP contribution in [0.5, 0.6) is 0 Å². The van der Waals surface area contributed by atoms with Gasteiger partial charge < -0.3 is 0 Å². The second-order valence-corrected chi connectivity index (χ2v) is 4.70. The van der Waals surface area contributed by atoms with Crippen molar-refractivity contribution in [2.45, 2.75) is 46.1 Å². The van der Waals surface area contributed by atoms with Gasteiger partial charge in [0.25, 0.3) is 0 Å². The molecule has 3 heteroatoms. The van der Waals surface area contributed by atoms with Crippen molar-refractivity contribution in [3.05, 3.63) is 35.1 Å². The molecule has 1 aromatic rings. The number of aryl methyl sites for hydroxylation is 1. The molecule has 0 spiro atoms. The van der Waals surface area contributed by atoms with Crippen LogP contribution in [0.25, 0.3) is 0 Å². The number of hydrogen-bond acceptors (Lipinski definition) is 2. The lowest BCUT2D eigenvalue weighted by Gasteiger charge is -2.22. The average molecular weight is 238 g/mol. The van der Waals surface area contributed by atoms with Gasteiger partial charge in [0, 0.05) is 6.04 Å². The SMILES string of the molecule is CCC(CC)CC(NN)c1cc(C)cc(F)c1. The summed E-state index contributed by atoms with van der Waals surface area (Å²) >= 11 is 0. The molecule has 0 aliphatic carbocycles. The van der Waals surface area contributed by atoms with Gasteiger partial charge in [-0.3, -0.25) is 11.3 Å². The second kappa shape index (κ2) is 6.72. The average Bonchev–Trinajstić information content (AvgIpc) is 2.29. The maximum Gasteiger partial charge on any atom is 0.123 e. The Balaban J connectivity index is 2.85. The van der Waals surface area contributed by atoms with Crippen molar-refractivity contribution in [2.24, 2.45) is 11.8 Å². The molecule has 0 radical (unpaired) electrons. The zero-order chi connectivity index (χ0) is 12.8. The van der Waals surface area contributed by atoms with Crippen molar-refractivity contribution in [1.82, 2.24) is 5.43 Å². The molecule has 0 amide bonds. The third-order valence-electron chi connectivity index (χ3n) is 3.39. The van der Waals surface area contributed by atoms with Gasteiger partial charge in [0.15, 0.2) is 0 Å². The number of hydrazine groups is 1. The van der Waals surface area contributed by atoms with E-state index in [4.69, 9.17) is 5.84 Å². The fourth-order valence-corrected chi connectivity index (χ4v) is 2.22. The standard InChI is InChI=1S/C14H23FN2/c1-4-11(5-2)8-14(17-16)12-6-10(3)7-13(15)9-12/h6-7,9,11,14,17H,4-5,8,16H2,1-3H3. The molecule has 0 fully saturated rings. The summed E-state index contributed by atoms with van der Waals surface area (Å²) in [6, 6.07) is 5.14. The molecule has 0 saturated heterocycles. The number of nitrogens with one attached hydrogen (secondary N) is 1. The summed E-state index contributed by atoms with van der Waals surface area (Å²) in [6.07, 6.45) is 3.21. The Bertz CT molecular complexity index is 328. The molecule has 1 atom stereocenters. The molecule has 1 unspecified atom stereocenters. The van der Waals surface area contributed by atoms with Gasteiger partial charge in [-0.05, 0) is 42.5 Å². The number of hydrogen-bond donors (Lipinski definition) is 2. The van der Waals surface area contributed by atoms with Crippen LogP contribution in [0.2, 0.25) is 0 Å². The fourth-order valence-electron chi connectivity index (χ4n) is 2.22. The first-order valence-corrected chi connectivity index (χ1v) is 6.33. The Labute approximate surface area is 103 Å². The van der Waals surface area contributed by atoms with Gasteiger partial charge in [-0.25, -0.2) is 4.39 Å². The zero-order valence-electron chi connectivity index (χ0n) is 11.0. The van der Waals surface area contributed by atoms with Crippen LogP contribution in [0, 0.1) is 18.7 Å². The van der Waals surface area contributed by atoms with Gasteiger partial charge in [0.05, 0.1) is 0 Å². The minimum atomic E-state index is -0.190. The highest BCUT2D eigenvalue weighted by atomic mass is 19.1. The van der Waals surface area contributed by atoms with Gasteiger partial charge in [0.2, 0.25) is 0 Å². The van der Waals surface area contributed by atoms with Gasteiger partial charge in [-0.1, -0.05) is 32.8 Å². The van der Waals surface area contributed by atoms with Crippen LogP contribution in [0.3, 0.4) is 0 Å². The molecule has 0 saturated carbocycles. The van der Waals surface area contributed by atoms with Gasteiger partial charge in [0.1, 0.15) is 5.82 Å². The van der Waals surface area contributed by atoms with Crippen LogP contribution in [-0.2, 0) is 0 Å². The maximum atomic E-state index is 13.4. The molecule has 0 aromatic heterocycles. The van der Waals surface area contributed by atoms with E-state index in [2.05, 4.69) is 19.3 Å². The van der Waals surface area contributed by atoms with E-state index in [1.165, 1.54) is 6.07 Å². The minimum absolute atomic E-state index is 0.0364. The summed E-state index contributed by atoms with van der Waals surface area (Å²) in [7, 11) is 0. The van der Waals surface area contributed by atoms with Crippen molar-refractivity contribution in [2.75, 3.05) is 0 Å². The van der Waals surface area contributed by atoms with Crippen molar-refractivity contribution in [1.29, 1.82) is 0 Å². The largest absolute Gasteiger partial charge is 0.271 e. The maximum absolute atomic E-state index is 13.4. The molecular formula is C14H23FN2. The Kier molecular flexibility index (Phi) is 5.59. The Morgan fingerprint density at radius 1 is 1.24 bits per heavy atom. The highest BCUT2D eigenvalue weighted by Gasteiger charge is 2.15. The summed E-state index contributed by atoms with van der Waals surface area (Å²) in [6.45, 7) is 6.26. The number of nitrogens with two attached hydrogens (primary N) is 1. The summed E-state index contributed by atoms with van der Waals surface area (Å²) in [5.74, 6) is 6.02. The van der Waals surface area contributed by atoms with E-state index in [-0.39, 0.29) is 11.9 Å². The summed E-state index contributed by atoms with van der Waals surface area (Å²) in [5, 5.41) is 0. The summed E-state index contributed by atoms with van der Waals surface area (Å²) < 4.78 is 13.4. The van der Waals surface area contributed by atoms with Crippen LogP contribution in [-0.4, -0.2) is 0 Å². The van der Waals surface area contributed by atoms with E-state index >= 15 is 0 Å². The van der Waals surface area contributed by atoms with E-state index in [0.717, 1.165) is 30.4 Å². The number of halogens is 1. The third kappa shape index (κ3) is 4.10. The quantitative estimate of drug-likeness (QED) is 0.588. The smallest absolute Gasteiger partial charge is 0.123 e. The van der Waals surface area contributed by atoms with Crippen LogP contribution in [0.1, 0.15) is 50.3 Å². The highest BCUT2D eigenvalue weighted by Crippen LogP contribution is 2.25. The number of rotatable bonds is 6. The normalized spacial score (nSPS) is 13.1. The van der Waals surface area contributed by atoms with Crippen molar-refractivity contribution in [3.63, 3.8) is 0 Å². The zero-order valence-corrected chi connectivity index (χ0v) is 11.0. The Morgan fingerprint density at radius 3 is 2.35 bits per heavy atom. The Hall–Kier alpha value is -0.930. The second-order valence-electron chi connectivity index (χ2n) is 4.70. The van der Waals surface area contributed by atoms with E-state index in [9.17, 15) is 4.39 Å². The van der Waals surface area contributed by atoms with Crippen LogP contribution in [0.4, 0.5) is 4.39 Å². The molecule has 1 aromatic carbocycles. The van der Waals surface area contributed by atoms with E-state index < -0.39 is 0 Å². The molecule has 17 heavy (non-hydrogen) atoms. The van der Waals surface area contributed by atoms with Gasteiger partial charge in [-0.15, -0.1) is 0 Å². The van der Waals surface area contributed by atoms with E-state index in [0.29, 0.717) is 5.92 Å². The molecule has 0 aliphatic heterocycles. The first-order valence-electron chi connectivity index (χ1n) is 6.33. The topological polar surface area (TPSA) is 38.0 Å². The predicted molar refractivity (Wildman–Crippen MR) is 69.9 cm³/mol. The minimum Gasteiger partial charge on any atom is -0.271 e. The van der Waals surface area contributed by atoms with Crippen LogP contribution >= 0.6 is 0 Å². The van der Waals surface area contributed by atoms with Gasteiger partial charge >= 0.3 is 0 Å². The summed E-state index contributed by atoms with van der Waals surface area (Å²) in [4.78, 5) is 0. The molecule has 0 heterocycles. The lowest BCUT2D eigenvalue weighted by atomic mass is 9.91. The monoisotopic (exact) mass is 238 g/mol. The Morgan fingerprint density at radius 2 is 1.88 bits per heavy atom. The third-order valence-corrected chi connectivity index (χ3v) is 3.39. The predicted octanol–water partition coefficient (Wildman–Crippen LogP) is 3.46. The highest BCUT2D eigenvalue weighted by molar-refractivity contribution is 5.26. The van der Waals surface area contributed by atoms with E-state index in [1.807, 2.05) is 13.0 Å². The molecule has 0 bridgehead atoms. The van der Waals surface area contributed by atoms with Crippen molar-refractivity contribution >= 4 is 0 Å². The van der Waals surface area contributed by atoms with Crippen molar-refractivity contribution < 1.29 is 4.39 Å². The first kappa shape index (κ1) is 14.1. The summed E-state index contributed by atoms with van der Waals surface area (Å²) in [5.41, 5.74) is 4.68. The van der Waals surface area contributed by atoms with Crippen LogP contribution in [0.15, 0.2) is 18.2 Å². The molecular weight excluding hydrogens is 215 g/mol. The van der Waals surface area contributed by atoms with Crippen molar-refractivity contribution in [3.8, 4) is 0 Å². The van der Waals surface area contributed by atoms with Gasteiger partial charge in [-0.2, -0.15) is 0 Å².